The van der Waals surface area contributed by atoms with Crippen molar-refractivity contribution in [2.75, 3.05) is 14.2 Å². The fraction of sp³-hybridized carbons (Fsp3) is 0.452. The number of ether oxygens (including phenoxy) is 5. The molecule has 7 atom stereocenters. The molecule has 0 bridgehead atoms. The Kier molecular flexibility index (Phi) is 9.37. The van der Waals surface area contributed by atoms with E-state index in [-0.39, 0.29) is 12.8 Å². The van der Waals surface area contributed by atoms with Crippen LogP contribution in [0.5, 0.6) is 0 Å². The fourth-order valence-corrected chi connectivity index (χ4v) is 6.25. The lowest BCUT2D eigenvalue weighted by atomic mass is 9.61. The van der Waals surface area contributed by atoms with Crippen molar-refractivity contribution in [3.05, 3.63) is 84.1 Å². The molecule has 1 aliphatic carbocycles. The normalized spacial score (nSPS) is 27.8. The molecule has 1 aliphatic heterocycles. The molecule has 4 rings (SSSR count). The standard InChI is InChI=1S/C31H30F6O9/c1-17-15-16-21(45-25(40)28(42-3,30(32,33)34)19-11-7-5-8-12-19)22(38)27(17)23(18(2)44-24(27)39)46-26(41)29(43-4,31(35,36)37)20-13-9-6-10-14-20/h5-14,17,21-23,38H,2,15-16H2,1,3-4H3/t17-,21+,22-,23+,27-,28+,29+/m1/s1. The fourth-order valence-electron chi connectivity index (χ4n) is 6.25. The lowest BCUT2D eigenvalue weighted by molar-refractivity contribution is -0.285. The molecule has 1 heterocycles. The van der Waals surface area contributed by atoms with Crippen LogP contribution in [0.3, 0.4) is 0 Å². The first kappa shape index (κ1) is 34.9. The maximum atomic E-state index is 14.6. The number of halogens is 6. The van der Waals surface area contributed by atoms with Crippen LogP contribution in [0.1, 0.15) is 30.9 Å². The van der Waals surface area contributed by atoms with Crippen LogP contribution in [0.2, 0.25) is 0 Å². The Balaban J connectivity index is 1.75. The first-order valence-corrected chi connectivity index (χ1v) is 13.8. The van der Waals surface area contributed by atoms with Crippen LogP contribution in [0.25, 0.3) is 0 Å². The van der Waals surface area contributed by atoms with Crippen molar-refractivity contribution >= 4 is 17.9 Å². The van der Waals surface area contributed by atoms with Gasteiger partial charge in [0.25, 0.3) is 11.2 Å². The number of aliphatic hydroxyl groups is 1. The van der Waals surface area contributed by atoms with Gasteiger partial charge in [0.2, 0.25) is 0 Å². The van der Waals surface area contributed by atoms with Gasteiger partial charge in [-0.15, -0.1) is 0 Å². The summed E-state index contributed by atoms with van der Waals surface area (Å²) in [5.74, 6) is -7.04. The molecule has 15 heteroatoms. The quantitative estimate of drug-likeness (QED) is 0.241. The average Bonchev–Trinajstić information content (AvgIpc) is 3.23. The Morgan fingerprint density at radius 1 is 0.826 bits per heavy atom. The molecular weight excluding hydrogens is 630 g/mol. The van der Waals surface area contributed by atoms with E-state index in [0.29, 0.717) is 14.2 Å². The van der Waals surface area contributed by atoms with E-state index in [0.717, 1.165) is 24.3 Å². The van der Waals surface area contributed by atoms with E-state index in [1.54, 1.807) is 0 Å². The number of aliphatic hydroxyl groups excluding tert-OH is 1. The number of benzene rings is 2. The molecule has 0 radical (unpaired) electrons. The number of cyclic esters (lactones) is 1. The van der Waals surface area contributed by atoms with Gasteiger partial charge in [-0.2, -0.15) is 26.3 Å². The van der Waals surface area contributed by atoms with Crippen LogP contribution < -0.4 is 0 Å². The minimum absolute atomic E-state index is 0.143. The Morgan fingerprint density at radius 3 is 1.67 bits per heavy atom. The van der Waals surface area contributed by atoms with Gasteiger partial charge in [-0.25, -0.2) is 9.59 Å². The summed E-state index contributed by atoms with van der Waals surface area (Å²) < 4.78 is 112. The molecule has 1 saturated heterocycles. The van der Waals surface area contributed by atoms with Crippen LogP contribution >= 0.6 is 0 Å². The summed E-state index contributed by atoms with van der Waals surface area (Å²) in [6.07, 6.45) is -17.4. The number of alkyl halides is 6. The summed E-state index contributed by atoms with van der Waals surface area (Å²) in [6.45, 7) is 4.86. The Labute approximate surface area is 259 Å². The van der Waals surface area contributed by atoms with Crippen LogP contribution in [-0.4, -0.2) is 67.9 Å². The summed E-state index contributed by atoms with van der Waals surface area (Å²) in [5.41, 5.74) is -11.1. The van der Waals surface area contributed by atoms with Crippen LogP contribution in [0, 0.1) is 11.3 Å². The largest absolute Gasteiger partial charge is 0.457 e. The van der Waals surface area contributed by atoms with E-state index in [1.165, 1.54) is 43.3 Å². The summed E-state index contributed by atoms with van der Waals surface area (Å²) in [5, 5.41) is 11.6. The maximum absolute atomic E-state index is 14.6. The monoisotopic (exact) mass is 660 g/mol. The second-order valence-electron chi connectivity index (χ2n) is 10.9. The molecule has 2 aromatic rings. The van der Waals surface area contributed by atoms with Crippen molar-refractivity contribution in [2.24, 2.45) is 11.3 Å². The molecule has 2 aliphatic rings. The summed E-state index contributed by atoms with van der Waals surface area (Å²) in [6, 6.07) is 11.5. The molecule has 0 aromatic heterocycles. The zero-order chi connectivity index (χ0) is 34.3. The van der Waals surface area contributed by atoms with Gasteiger partial charge in [0, 0.05) is 25.3 Å². The SMILES string of the molecule is C=C1OC(=O)[C@@]2([C@H](C)CC[C@H](OC(=O)[C@@](OC)(c3ccccc3)C(F)(F)F)[C@H]2O)[C@H]1OC(=O)[C@@](OC)(c1ccccc1)C(F)(F)F. The molecular formula is C31H30F6O9. The van der Waals surface area contributed by atoms with Crippen LogP contribution in [-0.2, 0) is 49.3 Å². The van der Waals surface area contributed by atoms with Crippen molar-refractivity contribution < 1.29 is 69.5 Å². The van der Waals surface area contributed by atoms with Gasteiger partial charge >= 0.3 is 30.3 Å². The second-order valence-corrected chi connectivity index (χ2v) is 10.9. The highest BCUT2D eigenvalue weighted by atomic mass is 19.4. The predicted molar refractivity (Wildman–Crippen MR) is 144 cm³/mol. The van der Waals surface area contributed by atoms with Crippen molar-refractivity contribution in [1.82, 2.24) is 0 Å². The minimum Gasteiger partial charge on any atom is -0.457 e. The van der Waals surface area contributed by atoms with Crippen LogP contribution in [0.4, 0.5) is 26.3 Å². The molecule has 2 fully saturated rings. The van der Waals surface area contributed by atoms with Crippen molar-refractivity contribution in [1.29, 1.82) is 0 Å². The third-order valence-corrected chi connectivity index (χ3v) is 8.67. The number of esters is 3. The third-order valence-electron chi connectivity index (χ3n) is 8.67. The van der Waals surface area contributed by atoms with Gasteiger partial charge in [0.1, 0.15) is 23.4 Å². The molecule has 2 aromatic carbocycles. The average molecular weight is 661 g/mol. The molecule has 0 unspecified atom stereocenters. The lowest BCUT2D eigenvalue weighted by Crippen LogP contribution is -2.62. The van der Waals surface area contributed by atoms with Gasteiger partial charge in [-0.3, -0.25) is 4.79 Å². The van der Waals surface area contributed by atoms with Crippen molar-refractivity contribution in [3.63, 3.8) is 0 Å². The highest BCUT2D eigenvalue weighted by Crippen LogP contribution is 2.54. The number of carbonyl (C=O) groups excluding carboxylic acids is 3. The number of hydrogen-bond donors (Lipinski definition) is 1. The van der Waals surface area contributed by atoms with E-state index in [4.69, 9.17) is 23.7 Å². The van der Waals surface area contributed by atoms with Crippen LogP contribution in [0.15, 0.2) is 73.0 Å². The Hall–Kier alpha value is -3.95. The number of rotatable bonds is 8. The van der Waals surface area contributed by atoms with E-state index in [2.05, 4.69) is 6.58 Å². The summed E-state index contributed by atoms with van der Waals surface area (Å²) in [7, 11) is 1.25. The van der Waals surface area contributed by atoms with E-state index >= 15 is 0 Å². The van der Waals surface area contributed by atoms with Gasteiger partial charge < -0.3 is 28.8 Å². The molecule has 1 saturated carbocycles. The van der Waals surface area contributed by atoms with Gasteiger partial charge in [0.05, 0.1) is 0 Å². The zero-order valence-electron chi connectivity index (χ0n) is 24.7. The lowest BCUT2D eigenvalue weighted by Gasteiger charge is -2.47. The van der Waals surface area contributed by atoms with Crippen molar-refractivity contribution in [3.8, 4) is 0 Å². The first-order valence-electron chi connectivity index (χ1n) is 13.8. The number of carbonyl (C=O) groups is 3. The number of methoxy groups -OCH3 is 2. The molecule has 1 N–H and O–H groups in total. The summed E-state index contributed by atoms with van der Waals surface area (Å²) in [4.78, 5) is 40.2. The zero-order valence-corrected chi connectivity index (χ0v) is 24.7. The first-order chi connectivity index (χ1) is 21.5. The van der Waals surface area contributed by atoms with Crippen molar-refractivity contribution in [2.45, 2.75) is 61.6 Å². The minimum atomic E-state index is -5.41. The Morgan fingerprint density at radius 2 is 1.26 bits per heavy atom. The predicted octanol–water partition coefficient (Wildman–Crippen LogP) is 4.87. The summed E-state index contributed by atoms with van der Waals surface area (Å²) >= 11 is 0. The topological polar surface area (TPSA) is 118 Å². The molecule has 0 amide bonds. The smallest absolute Gasteiger partial charge is 0.432 e. The van der Waals surface area contributed by atoms with Gasteiger partial charge in [-0.1, -0.05) is 74.2 Å². The maximum Gasteiger partial charge on any atom is 0.432 e. The molecule has 250 valence electrons. The van der Waals surface area contributed by atoms with E-state index < -0.39 is 88.0 Å². The van der Waals surface area contributed by atoms with E-state index in [1.807, 2.05) is 0 Å². The van der Waals surface area contributed by atoms with Gasteiger partial charge in [0.15, 0.2) is 6.10 Å². The molecule has 46 heavy (non-hydrogen) atoms. The Bertz CT molecular complexity index is 1460. The third kappa shape index (κ3) is 5.14. The highest BCUT2D eigenvalue weighted by molar-refractivity contribution is 5.88. The number of hydrogen-bond acceptors (Lipinski definition) is 9. The van der Waals surface area contributed by atoms with Gasteiger partial charge in [-0.05, 0) is 18.8 Å². The molecule has 1 spiro atoms. The van der Waals surface area contributed by atoms with E-state index in [9.17, 15) is 45.8 Å². The second kappa shape index (κ2) is 12.3. The highest BCUT2D eigenvalue weighted by Gasteiger charge is 2.71. The molecule has 9 nitrogen and oxygen atoms in total.